The molecule has 0 heterocycles. The van der Waals surface area contributed by atoms with E-state index in [0.29, 0.717) is 6.42 Å². The van der Waals surface area contributed by atoms with Gasteiger partial charge in [0.05, 0.1) is 0 Å². The predicted octanol–water partition coefficient (Wildman–Crippen LogP) is 3.72. The van der Waals surface area contributed by atoms with Crippen molar-refractivity contribution < 1.29 is 8.42 Å². The molecule has 7 heteroatoms. The lowest BCUT2D eigenvalue weighted by Gasteiger charge is -2.26. The summed E-state index contributed by atoms with van der Waals surface area (Å²) in [5, 5.41) is 0. The Labute approximate surface area is 106 Å². The molecule has 0 spiro atoms. The molecular weight excluding hydrogens is 444 g/mol. The minimum Gasteiger partial charge on any atom is -0.224 e. The van der Waals surface area contributed by atoms with Crippen molar-refractivity contribution in [2.45, 2.75) is 25.4 Å². The van der Waals surface area contributed by atoms with E-state index in [4.69, 9.17) is 0 Å². The fourth-order valence-electron chi connectivity index (χ4n) is 0.431. The largest absolute Gasteiger partial charge is 0.236 e. The highest BCUT2D eigenvalue weighted by molar-refractivity contribution is 9.42. The van der Waals surface area contributed by atoms with Crippen LogP contribution in [0, 0.1) is 0 Å². The first-order valence-corrected chi connectivity index (χ1v) is 7.71. The molecule has 0 aliphatic rings. The van der Waals surface area contributed by atoms with Crippen LogP contribution in [0.15, 0.2) is 0 Å². The number of hydrogen-bond acceptors (Lipinski definition) is 2. The van der Waals surface area contributed by atoms with E-state index in [0.717, 1.165) is 0 Å². The molecule has 0 rings (SSSR count). The maximum Gasteiger partial charge on any atom is 0.236 e. The van der Waals surface area contributed by atoms with E-state index in [9.17, 15) is 8.42 Å². The molecule has 0 fully saturated rings. The molecular formula is C5H8Br4O2S. The summed E-state index contributed by atoms with van der Waals surface area (Å²) < 4.78 is 21.2. The normalized spacial score (nSPS) is 18.8. The van der Waals surface area contributed by atoms with Crippen LogP contribution in [0.25, 0.3) is 0 Å². The topological polar surface area (TPSA) is 34.1 Å². The zero-order chi connectivity index (χ0) is 10.2. The van der Waals surface area contributed by atoms with E-state index in [1.807, 2.05) is 0 Å². The van der Waals surface area contributed by atoms with Crippen LogP contribution < -0.4 is 0 Å². The Kier molecular flexibility index (Phi) is 4.81. The molecule has 0 saturated heterocycles. The zero-order valence-electron chi connectivity index (χ0n) is 6.44. The first-order valence-electron chi connectivity index (χ1n) is 3.06. The molecule has 0 aromatic rings. The summed E-state index contributed by atoms with van der Waals surface area (Å²) >= 11 is 12.1. The minimum atomic E-state index is -3.36. The minimum absolute atomic E-state index is 0.486. The molecule has 0 bridgehead atoms. The van der Waals surface area contributed by atoms with E-state index in [1.54, 1.807) is 13.8 Å². The Morgan fingerprint density at radius 1 is 1.17 bits per heavy atom. The van der Waals surface area contributed by atoms with E-state index in [2.05, 4.69) is 63.7 Å². The molecule has 0 saturated carbocycles. The summed E-state index contributed by atoms with van der Waals surface area (Å²) in [4.78, 5) is 0. The highest BCUT2D eigenvalue weighted by Crippen LogP contribution is 2.48. The van der Waals surface area contributed by atoms with Gasteiger partial charge in [-0.2, -0.15) is 0 Å². The third-order valence-corrected chi connectivity index (χ3v) is 9.19. The van der Waals surface area contributed by atoms with Crippen molar-refractivity contribution in [2.24, 2.45) is 0 Å². The molecule has 2 nitrogen and oxygen atoms in total. The van der Waals surface area contributed by atoms with Gasteiger partial charge in [0.25, 0.3) is 0 Å². The molecule has 0 aliphatic heterocycles. The Bertz CT molecular complexity index is 251. The highest BCUT2D eigenvalue weighted by Gasteiger charge is 2.47. The van der Waals surface area contributed by atoms with Crippen LogP contribution in [0.5, 0.6) is 0 Å². The SMILES string of the molecule is CCC(C)(Br)S(=O)(=O)C(Br)(Br)Br. The number of alkyl halides is 4. The van der Waals surface area contributed by atoms with Gasteiger partial charge in [-0.1, -0.05) is 22.9 Å². The lowest BCUT2D eigenvalue weighted by Crippen LogP contribution is -2.36. The number of sulfone groups is 1. The molecule has 0 aromatic carbocycles. The van der Waals surface area contributed by atoms with Gasteiger partial charge in [0, 0.05) is 0 Å². The van der Waals surface area contributed by atoms with Crippen molar-refractivity contribution >= 4 is 73.6 Å². The average Bonchev–Trinajstić information content (AvgIpc) is 1.85. The van der Waals surface area contributed by atoms with Crippen LogP contribution in [0.2, 0.25) is 0 Å². The van der Waals surface area contributed by atoms with Crippen molar-refractivity contribution in [2.75, 3.05) is 0 Å². The molecule has 1 unspecified atom stereocenters. The van der Waals surface area contributed by atoms with Crippen molar-refractivity contribution in [3.05, 3.63) is 0 Å². The lowest BCUT2D eigenvalue weighted by molar-refractivity contribution is 0.578. The summed E-state index contributed by atoms with van der Waals surface area (Å²) in [6.45, 7) is 3.41. The summed E-state index contributed by atoms with van der Waals surface area (Å²) in [6, 6.07) is 0. The monoisotopic (exact) mass is 448 g/mol. The van der Waals surface area contributed by atoms with Crippen LogP contribution in [-0.2, 0) is 9.84 Å². The number of hydrogen-bond donors (Lipinski definition) is 0. The van der Waals surface area contributed by atoms with Gasteiger partial charge in [0.1, 0.15) is 3.66 Å². The van der Waals surface area contributed by atoms with Gasteiger partial charge in [-0.05, 0) is 61.1 Å². The van der Waals surface area contributed by atoms with Gasteiger partial charge < -0.3 is 0 Å². The standard InChI is InChI=1S/C5H8Br4O2S/c1-3-4(2,6)12(10,11)5(7,8)9/h3H2,1-2H3. The Morgan fingerprint density at radius 2 is 1.50 bits per heavy atom. The quantitative estimate of drug-likeness (QED) is 0.600. The summed E-state index contributed by atoms with van der Waals surface area (Å²) in [5.41, 5.74) is 0. The third-order valence-electron chi connectivity index (χ3n) is 1.50. The second-order valence-corrected chi connectivity index (χ2v) is 15.5. The lowest BCUT2D eigenvalue weighted by atomic mass is 10.4. The molecule has 0 aliphatic carbocycles. The Hall–Kier alpha value is 1.87. The van der Waals surface area contributed by atoms with Crippen molar-refractivity contribution in [1.82, 2.24) is 0 Å². The first kappa shape index (κ1) is 13.9. The van der Waals surface area contributed by atoms with Gasteiger partial charge >= 0.3 is 0 Å². The Morgan fingerprint density at radius 3 is 1.58 bits per heavy atom. The second-order valence-electron chi connectivity index (χ2n) is 2.40. The fourth-order valence-corrected chi connectivity index (χ4v) is 7.19. The van der Waals surface area contributed by atoms with E-state index < -0.39 is 15.0 Å². The van der Waals surface area contributed by atoms with Gasteiger partial charge in [-0.25, -0.2) is 8.42 Å². The third kappa shape index (κ3) is 2.68. The first-order chi connectivity index (χ1) is 5.06. The van der Waals surface area contributed by atoms with Crippen LogP contribution in [0.1, 0.15) is 20.3 Å². The zero-order valence-corrected chi connectivity index (χ0v) is 13.6. The van der Waals surface area contributed by atoms with Crippen molar-refractivity contribution in [3.8, 4) is 0 Å². The van der Waals surface area contributed by atoms with Crippen LogP contribution in [0.4, 0.5) is 0 Å². The maximum atomic E-state index is 11.7. The molecule has 0 amide bonds. The highest BCUT2D eigenvalue weighted by atomic mass is 80.0. The van der Waals surface area contributed by atoms with Gasteiger partial charge in [-0.15, -0.1) is 0 Å². The molecule has 12 heavy (non-hydrogen) atoms. The molecule has 0 aromatic heterocycles. The second kappa shape index (κ2) is 4.16. The smallest absolute Gasteiger partial charge is 0.224 e. The average molecular weight is 452 g/mol. The summed E-state index contributed by atoms with van der Waals surface area (Å²) in [6.07, 6.45) is 0.486. The van der Waals surface area contributed by atoms with Gasteiger partial charge in [-0.3, -0.25) is 0 Å². The molecule has 74 valence electrons. The Balaban J connectivity index is 5.16. The number of rotatable bonds is 2. The summed E-state index contributed by atoms with van der Waals surface area (Å²) in [5.74, 6) is 0. The summed E-state index contributed by atoms with van der Waals surface area (Å²) in [7, 11) is -3.36. The van der Waals surface area contributed by atoms with Gasteiger partial charge in [0.15, 0.2) is 0 Å². The van der Waals surface area contributed by atoms with Crippen LogP contribution in [0.3, 0.4) is 0 Å². The van der Waals surface area contributed by atoms with E-state index in [1.165, 1.54) is 0 Å². The molecule has 0 N–H and O–H groups in total. The van der Waals surface area contributed by atoms with Crippen LogP contribution >= 0.6 is 63.7 Å². The molecule has 1 atom stereocenters. The van der Waals surface area contributed by atoms with E-state index in [-0.39, 0.29) is 0 Å². The van der Waals surface area contributed by atoms with Gasteiger partial charge in [0.2, 0.25) is 11.3 Å². The number of halogens is 4. The van der Waals surface area contributed by atoms with E-state index >= 15 is 0 Å². The predicted molar refractivity (Wildman–Crippen MR) is 66.1 cm³/mol. The maximum absolute atomic E-state index is 11.7. The van der Waals surface area contributed by atoms with Crippen molar-refractivity contribution in [3.63, 3.8) is 0 Å². The molecule has 0 radical (unpaired) electrons. The fraction of sp³-hybridized carbons (Fsp3) is 1.00. The van der Waals surface area contributed by atoms with Crippen molar-refractivity contribution in [1.29, 1.82) is 0 Å². The van der Waals surface area contributed by atoms with Crippen LogP contribution in [-0.4, -0.2) is 13.5 Å².